The quantitative estimate of drug-likeness (QED) is 0.456. The van der Waals surface area contributed by atoms with Gasteiger partial charge < -0.3 is 20.3 Å². The SMILES string of the molecule is C=CCn1c(Cl)nc(NCCCC)c1C(=O)NCCCO. The van der Waals surface area contributed by atoms with Crippen molar-refractivity contribution in [3.05, 3.63) is 23.6 Å². The normalized spacial score (nSPS) is 10.4. The van der Waals surface area contributed by atoms with Crippen LogP contribution >= 0.6 is 11.6 Å². The van der Waals surface area contributed by atoms with E-state index in [9.17, 15) is 4.79 Å². The summed E-state index contributed by atoms with van der Waals surface area (Å²) >= 11 is 6.09. The van der Waals surface area contributed by atoms with E-state index >= 15 is 0 Å². The monoisotopic (exact) mass is 314 g/mol. The predicted molar refractivity (Wildman–Crippen MR) is 84.9 cm³/mol. The number of rotatable bonds is 10. The lowest BCUT2D eigenvalue weighted by Gasteiger charge is -2.10. The Hall–Kier alpha value is -1.53. The van der Waals surface area contributed by atoms with Crippen LogP contribution in [-0.2, 0) is 6.54 Å². The molecule has 7 heteroatoms. The molecule has 0 aliphatic rings. The molecule has 0 bridgehead atoms. The number of aromatic nitrogens is 2. The number of anilines is 1. The average molecular weight is 315 g/mol. The van der Waals surface area contributed by atoms with E-state index in [-0.39, 0.29) is 17.8 Å². The summed E-state index contributed by atoms with van der Waals surface area (Å²) in [6.07, 6.45) is 4.20. The fourth-order valence-electron chi connectivity index (χ4n) is 1.82. The third-order valence-electron chi connectivity index (χ3n) is 2.89. The topological polar surface area (TPSA) is 79.2 Å². The lowest BCUT2D eigenvalue weighted by Crippen LogP contribution is -2.28. The molecule has 0 radical (unpaired) electrons. The van der Waals surface area contributed by atoms with Crippen molar-refractivity contribution >= 4 is 23.3 Å². The highest BCUT2D eigenvalue weighted by molar-refractivity contribution is 6.29. The van der Waals surface area contributed by atoms with E-state index in [0.29, 0.717) is 31.0 Å². The molecule has 1 heterocycles. The summed E-state index contributed by atoms with van der Waals surface area (Å²) in [4.78, 5) is 16.5. The first-order valence-electron chi connectivity index (χ1n) is 7.15. The number of carbonyl (C=O) groups is 1. The molecule has 0 unspecified atom stereocenters. The summed E-state index contributed by atoms with van der Waals surface area (Å²) < 4.78 is 1.61. The van der Waals surface area contributed by atoms with Gasteiger partial charge in [0.2, 0.25) is 5.28 Å². The van der Waals surface area contributed by atoms with E-state index < -0.39 is 0 Å². The van der Waals surface area contributed by atoms with Crippen molar-refractivity contribution in [2.75, 3.05) is 25.0 Å². The van der Waals surface area contributed by atoms with Crippen LogP contribution in [0.25, 0.3) is 0 Å². The van der Waals surface area contributed by atoms with E-state index in [1.54, 1.807) is 10.6 Å². The van der Waals surface area contributed by atoms with Gasteiger partial charge in [-0.2, -0.15) is 4.98 Å². The summed E-state index contributed by atoms with van der Waals surface area (Å²) in [7, 11) is 0. The summed E-state index contributed by atoms with van der Waals surface area (Å²) in [5, 5.41) is 14.9. The minimum Gasteiger partial charge on any atom is -0.396 e. The third kappa shape index (κ3) is 5.06. The molecule has 1 rings (SSSR count). The van der Waals surface area contributed by atoms with Crippen molar-refractivity contribution in [3.63, 3.8) is 0 Å². The van der Waals surface area contributed by atoms with Crippen molar-refractivity contribution in [3.8, 4) is 0 Å². The first-order chi connectivity index (χ1) is 10.2. The number of halogens is 1. The molecule has 0 aromatic carbocycles. The molecule has 0 fully saturated rings. The molecule has 21 heavy (non-hydrogen) atoms. The molecular formula is C14H23ClN4O2. The second-order valence-electron chi connectivity index (χ2n) is 4.59. The molecule has 1 amide bonds. The number of aliphatic hydroxyl groups is 1. The molecule has 1 aromatic rings. The smallest absolute Gasteiger partial charge is 0.271 e. The number of imidazole rings is 1. The first-order valence-corrected chi connectivity index (χ1v) is 7.53. The summed E-state index contributed by atoms with van der Waals surface area (Å²) in [5.41, 5.74) is 0.397. The molecule has 6 nitrogen and oxygen atoms in total. The van der Waals surface area contributed by atoms with Gasteiger partial charge in [0.05, 0.1) is 0 Å². The van der Waals surface area contributed by atoms with Crippen LogP contribution in [0.2, 0.25) is 5.28 Å². The minimum atomic E-state index is -0.260. The van der Waals surface area contributed by atoms with Crippen LogP contribution in [0, 0.1) is 0 Å². The Morgan fingerprint density at radius 3 is 2.86 bits per heavy atom. The molecule has 0 atom stereocenters. The van der Waals surface area contributed by atoms with Crippen molar-refractivity contribution in [1.82, 2.24) is 14.9 Å². The van der Waals surface area contributed by atoms with Gasteiger partial charge in [-0.3, -0.25) is 4.79 Å². The van der Waals surface area contributed by atoms with Crippen molar-refractivity contribution < 1.29 is 9.90 Å². The van der Waals surface area contributed by atoms with Crippen molar-refractivity contribution in [2.24, 2.45) is 0 Å². The Kier molecular flexibility index (Phi) is 7.85. The van der Waals surface area contributed by atoms with Gasteiger partial charge in [-0.15, -0.1) is 6.58 Å². The third-order valence-corrected chi connectivity index (χ3v) is 3.18. The maximum Gasteiger partial charge on any atom is 0.271 e. The zero-order chi connectivity index (χ0) is 15.7. The maximum atomic E-state index is 12.3. The van der Waals surface area contributed by atoms with E-state index in [2.05, 4.69) is 29.1 Å². The zero-order valence-corrected chi connectivity index (χ0v) is 13.1. The number of carbonyl (C=O) groups excluding carboxylic acids is 1. The Labute approximate surface area is 130 Å². The molecule has 0 spiro atoms. The highest BCUT2D eigenvalue weighted by Gasteiger charge is 2.21. The van der Waals surface area contributed by atoms with E-state index in [4.69, 9.17) is 16.7 Å². The van der Waals surface area contributed by atoms with Crippen LogP contribution in [0.1, 0.15) is 36.7 Å². The molecular weight excluding hydrogens is 292 g/mol. The van der Waals surface area contributed by atoms with Gasteiger partial charge in [-0.05, 0) is 24.4 Å². The number of aliphatic hydroxyl groups excluding tert-OH is 1. The van der Waals surface area contributed by atoms with Crippen molar-refractivity contribution in [2.45, 2.75) is 32.7 Å². The van der Waals surface area contributed by atoms with Crippen LogP contribution in [0.3, 0.4) is 0 Å². The van der Waals surface area contributed by atoms with Crippen LogP contribution in [0.4, 0.5) is 5.82 Å². The number of hydrogen-bond acceptors (Lipinski definition) is 4. The van der Waals surface area contributed by atoms with Gasteiger partial charge in [0.1, 0.15) is 0 Å². The molecule has 0 saturated carbocycles. The fourth-order valence-corrected chi connectivity index (χ4v) is 2.06. The van der Waals surface area contributed by atoms with Crippen LogP contribution in [-0.4, -0.2) is 40.3 Å². The second kappa shape index (κ2) is 9.41. The Morgan fingerprint density at radius 1 is 1.48 bits per heavy atom. The summed E-state index contributed by atoms with van der Waals surface area (Å²) in [6.45, 7) is 7.33. The average Bonchev–Trinajstić information content (AvgIpc) is 2.76. The van der Waals surface area contributed by atoms with Crippen LogP contribution in [0.15, 0.2) is 12.7 Å². The molecule has 3 N–H and O–H groups in total. The fraction of sp³-hybridized carbons (Fsp3) is 0.571. The Bertz CT molecular complexity index is 474. The summed E-state index contributed by atoms with van der Waals surface area (Å²) in [6, 6.07) is 0. The molecule has 0 saturated heterocycles. The van der Waals surface area contributed by atoms with Gasteiger partial charge in [0.15, 0.2) is 11.5 Å². The van der Waals surface area contributed by atoms with Crippen LogP contribution < -0.4 is 10.6 Å². The molecule has 118 valence electrons. The number of allylic oxidation sites excluding steroid dienone is 1. The maximum absolute atomic E-state index is 12.3. The second-order valence-corrected chi connectivity index (χ2v) is 4.93. The van der Waals surface area contributed by atoms with E-state index in [1.807, 2.05) is 0 Å². The standard InChI is InChI=1S/C14H23ClN4O2/c1-3-5-7-16-12-11(13(21)17-8-6-10-20)19(9-4-2)14(15)18-12/h4,16,20H,2-3,5-10H2,1H3,(H,17,21). The first kappa shape index (κ1) is 17.5. The van der Waals surface area contributed by atoms with Gasteiger partial charge in [-0.1, -0.05) is 19.4 Å². The number of nitrogens with one attached hydrogen (secondary N) is 2. The largest absolute Gasteiger partial charge is 0.396 e. The predicted octanol–water partition coefficient (Wildman–Crippen LogP) is 2.05. The van der Waals surface area contributed by atoms with Gasteiger partial charge in [0, 0.05) is 26.2 Å². The molecule has 0 aliphatic carbocycles. The number of amides is 1. The Balaban J connectivity index is 2.93. The minimum absolute atomic E-state index is 0.0363. The highest BCUT2D eigenvalue weighted by Crippen LogP contribution is 2.21. The lowest BCUT2D eigenvalue weighted by atomic mass is 10.3. The summed E-state index contributed by atoms with van der Waals surface area (Å²) in [5.74, 6) is 0.223. The number of unbranched alkanes of at least 4 members (excludes halogenated alkanes) is 1. The zero-order valence-electron chi connectivity index (χ0n) is 12.4. The molecule has 1 aromatic heterocycles. The van der Waals surface area contributed by atoms with Gasteiger partial charge >= 0.3 is 0 Å². The highest BCUT2D eigenvalue weighted by atomic mass is 35.5. The van der Waals surface area contributed by atoms with E-state index in [1.165, 1.54) is 0 Å². The van der Waals surface area contributed by atoms with Crippen molar-refractivity contribution in [1.29, 1.82) is 0 Å². The molecule has 0 aliphatic heterocycles. The van der Waals surface area contributed by atoms with Crippen LogP contribution in [0.5, 0.6) is 0 Å². The number of hydrogen-bond donors (Lipinski definition) is 3. The number of nitrogens with zero attached hydrogens (tertiary/aromatic N) is 2. The van der Waals surface area contributed by atoms with E-state index in [0.717, 1.165) is 19.4 Å². The Morgan fingerprint density at radius 2 is 2.24 bits per heavy atom. The lowest BCUT2D eigenvalue weighted by molar-refractivity contribution is 0.0943. The van der Waals surface area contributed by atoms with Gasteiger partial charge in [-0.25, -0.2) is 0 Å². The van der Waals surface area contributed by atoms with Gasteiger partial charge in [0.25, 0.3) is 5.91 Å².